The Hall–Kier alpha value is 0.137. The molecule has 3 heteroatoms. The van der Waals surface area contributed by atoms with Crippen molar-refractivity contribution in [3.05, 3.63) is 0 Å². The lowest BCUT2D eigenvalue weighted by Crippen LogP contribution is -2.15. The molecule has 0 saturated carbocycles. The van der Waals surface area contributed by atoms with Crippen molar-refractivity contribution >= 4 is 9.04 Å². The van der Waals surface area contributed by atoms with E-state index < -0.39 is 9.04 Å². The van der Waals surface area contributed by atoms with E-state index in [1.54, 1.807) is 0 Å². The van der Waals surface area contributed by atoms with Crippen LogP contribution in [0.2, 0.25) is 13.1 Å². The Labute approximate surface area is 46.4 Å². The van der Waals surface area contributed by atoms with E-state index in [2.05, 4.69) is 13.1 Å². The van der Waals surface area contributed by atoms with Crippen molar-refractivity contribution in [2.75, 3.05) is 13.2 Å². The first-order chi connectivity index (χ1) is 3.27. The highest BCUT2D eigenvalue weighted by Gasteiger charge is 1.90. The molecular formula is C4H13NOSi. The zero-order chi connectivity index (χ0) is 5.70. The van der Waals surface area contributed by atoms with Crippen LogP contribution in [0.1, 0.15) is 0 Å². The molecule has 0 rings (SSSR count). The van der Waals surface area contributed by atoms with Crippen LogP contribution in [-0.2, 0) is 4.43 Å². The van der Waals surface area contributed by atoms with Gasteiger partial charge in [0, 0.05) is 13.2 Å². The van der Waals surface area contributed by atoms with Gasteiger partial charge in [-0.15, -0.1) is 0 Å². The summed E-state index contributed by atoms with van der Waals surface area (Å²) in [5, 5.41) is 0. The number of hydrogen-bond donors (Lipinski definition) is 1. The number of nitrogens with two attached hydrogens (primary N) is 1. The molecule has 0 saturated heterocycles. The highest BCUT2D eigenvalue weighted by atomic mass is 28.3. The molecule has 0 aromatic heterocycles. The van der Waals surface area contributed by atoms with E-state index in [1.165, 1.54) is 0 Å². The van der Waals surface area contributed by atoms with Gasteiger partial charge in [0.15, 0.2) is 9.04 Å². The van der Waals surface area contributed by atoms with Gasteiger partial charge >= 0.3 is 0 Å². The second-order valence-corrected chi connectivity index (χ2v) is 4.14. The third kappa shape index (κ3) is 6.14. The lowest BCUT2D eigenvalue weighted by Gasteiger charge is -2.01. The second-order valence-electron chi connectivity index (χ2n) is 1.71. The Kier molecular flexibility index (Phi) is 4.38. The van der Waals surface area contributed by atoms with Crippen molar-refractivity contribution in [2.45, 2.75) is 13.1 Å². The fourth-order valence-electron chi connectivity index (χ4n) is 0.304. The second kappa shape index (κ2) is 4.30. The molecule has 0 heterocycles. The molecule has 2 nitrogen and oxygen atoms in total. The van der Waals surface area contributed by atoms with Crippen LogP contribution in [0.15, 0.2) is 0 Å². The lowest BCUT2D eigenvalue weighted by atomic mass is 10.8. The maximum Gasteiger partial charge on any atom is 0.170 e. The van der Waals surface area contributed by atoms with Gasteiger partial charge in [-0.25, -0.2) is 0 Å². The Morgan fingerprint density at radius 1 is 1.57 bits per heavy atom. The maximum atomic E-state index is 5.20. The SMILES string of the molecule is C[SiH](C)OCCN. The molecule has 0 unspecified atom stereocenters. The molecule has 0 bridgehead atoms. The zero-order valence-electron chi connectivity index (χ0n) is 4.98. The molecule has 0 aromatic rings. The Bertz CT molecular complexity index is 40.7. The normalized spacial score (nSPS) is 10.3. The summed E-state index contributed by atoms with van der Waals surface area (Å²) in [5.41, 5.74) is 5.17. The first-order valence-corrected chi connectivity index (χ1v) is 5.37. The summed E-state index contributed by atoms with van der Waals surface area (Å²) in [4.78, 5) is 0. The Morgan fingerprint density at radius 2 is 2.14 bits per heavy atom. The average Bonchev–Trinajstić information content (AvgIpc) is 1.61. The van der Waals surface area contributed by atoms with E-state index >= 15 is 0 Å². The number of hydrogen-bond acceptors (Lipinski definition) is 2. The van der Waals surface area contributed by atoms with Gasteiger partial charge in [0.25, 0.3) is 0 Å². The summed E-state index contributed by atoms with van der Waals surface area (Å²) in [5.74, 6) is 0. The summed E-state index contributed by atoms with van der Waals surface area (Å²) in [6, 6.07) is 0. The summed E-state index contributed by atoms with van der Waals surface area (Å²) >= 11 is 0. The van der Waals surface area contributed by atoms with Gasteiger partial charge in [-0.05, 0) is 13.1 Å². The van der Waals surface area contributed by atoms with E-state index in [-0.39, 0.29) is 0 Å². The molecule has 0 fully saturated rings. The monoisotopic (exact) mass is 119 g/mol. The van der Waals surface area contributed by atoms with Gasteiger partial charge < -0.3 is 10.2 Å². The molecule has 0 aliphatic rings. The Balaban J connectivity index is 2.68. The molecule has 0 aliphatic carbocycles. The quantitative estimate of drug-likeness (QED) is 0.528. The van der Waals surface area contributed by atoms with Crippen LogP contribution in [0.4, 0.5) is 0 Å². The Morgan fingerprint density at radius 3 is 2.29 bits per heavy atom. The summed E-state index contributed by atoms with van der Waals surface area (Å²) in [6.45, 7) is 5.67. The van der Waals surface area contributed by atoms with Crippen molar-refractivity contribution in [2.24, 2.45) is 5.73 Å². The average molecular weight is 119 g/mol. The van der Waals surface area contributed by atoms with E-state index in [9.17, 15) is 0 Å². The summed E-state index contributed by atoms with van der Waals surface area (Å²) < 4.78 is 5.20. The van der Waals surface area contributed by atoms with Gasteiger partial charge in [0.2, 0.25) is 0 Å². The molecule has 0 atom stereocenters. The summed E-state index contributed by atoms with van der Waals surface area (Å²) in [6.07, 6.45) is 0. The largest absolute Gasteiger partial charge is 0.419 e. The molecule has 7 heavy (non-hydrogen) atoms. The van der Waals surface area contributed by atoms with Gasteiger partial charge in [-0.2, -0.15) is 0 Å². The highest BCUT2D eigenvalue weighted by Crippen LogP contribution is 1.79. The minimum absolute atomic E-state index is 0.658. The first kappa shape index (κ1) is 7.14. The molecular weight excluding hydrogens is 106 g/mol. The van der Waals surface area contributed by atoms with Crippen LogP contribution in [0, 0.1) is 0 Å². The van der Waals surface area contributed by atoms with E-state index in [0.29, 0.717) is 6.54 Å². The van der Waals surface area contributed by atoms with Gasteiger partial charge in [-0.3, -0.25) is 0 Å². The zero-order valence-corrected chi connectivity index (χ0v) is 6.13. The van der Waals surface area contributed by atoms with Gasteiger partial charge in [0.1, 0.15) is 0 Å². The molecule has 0 radical (unpaired) electrons. The van der Waals surface area contributed by atoms with Crippen LogP contribution in [-0.4, -0.2) is 22.2 Å². The van der Waals surface area contributed by atoms with Crippen LogP contribution < -0.4 is 5.73 Å². The molecule has 0 aliphatic heterocycles. The summed E-state index contributed by atoms with van der Waals surface area (Å²) in [7, 11) is -0.768. The van der Waals surface area contributed by atoms with E-state index in [4.69, 9.17) is 10.2 Å². The van der Waals surface area contributed by atoms with E-state index in [0.717, 1.165) is 6.61 Å². The topological polar surface area (TPSA) is 35.2 Å². The van der Waals surface area contributed by atoms with Crippen molar-refractivity contribution in [1.82, 2.24) is 0 Å². The van der Waals surface area contributed by atoms with Gasteiger partial charge in [-0.1, -0.05) is 0 Å². The fraction of sp³-hybridized carbons (Fsp3) is 1.00. The maximum absolute atomic E-state index is 5.20. The first-order valence-electron chi connectivity index (χ1n) is 2.59. The predicted molar refractivity (Wildman–Crippen MR) is 33.9 cm³/mol. The van der Waals surface area contributed by atoms with Crippen molar-refractivity contribution in [1.29, 1.82) is 0 Å². The van der Waals surface area contributed by atoms with Crippen molar-refractivity contribution in [3.63, 3.8) is 0 Å². The van der Waals surface area contributed by atoms with Crippen LogP contribution >= 0.6 is 0 Å². The molecule has 0 aromatic carbocycles. The predicted octanol–water partition coefficient (Wildman–Crippen LogP) is -0.0549. The van der Waals surface area contributed by atoms with E-state index in [1.807, 2.05) is 0 Å². The standard InChI is InChI=1S/C4H13NOSi/c1-7(2)6-4-3-5/h7H,3-5H2,1-2H3. The third-order valence-corrected chi connectivity index (χ3v) is 1.47. The molecule has 0 amide bonds. The van der Waals surface area contributed by atoms with Crippen LogP contribution in [0.25, 0.3) is 0 Å². The van der Waals surface area contributed by atoms with Gasteiger partial charge in [0.05, 0.1) is 0 Å². The highest BCUT2D eigenvalue weighted by molar-refractivity contribution is 6.48. The molecule has 44 valence electrons. The van der Waals surface area contributed by atoms with Crippen molar-refractivity contribution in [3.8, 4) is 0 Å². The smallest absolute Gasteiger partial charge is 0.170 e. The number of rotatable bonds is 3. The fourth-order valence-corrected chi connectivity index (χ4v) is 0.911. The third-order valence-electron chi connectivity index (χ3n) is 0.569. The minimum atomic E-state index is -0.768. The molecule has 0 spiro atoms. The lowest BCUT2D eigenvalue weighted by molar-refractivity contribution is 0.337. The molecule has 2 N–H and O–H groups in total. The minimum Gasteiger partial charge on any atom is -0.419 e. The van der Waals surface area contributed by atoms with Crippen LogP contribution in [0.3, 0.4) is 0 Å². The van der Waals surface area contributed by atoms with Crippen molar-refractivity contribution < 1.29 is 4.43 Å². The van der Waals surface area contributed by atoms with Crippen LogP contribution in [0.5, 0.6) is 0 Å².